The maximum absolute atomic E-state index is 14.0. The summed E-state index contributed by atoms with van der Waals surface area (Å²) in [6.45, 7) is 12.4. The van der Waals surface area contributed by atoms with Gasteiger partial charge in [-0.2, -0.15) is 0 Å². The molecule has 2 N–H and O–H groups in total. The minimum atomic E-state index is -1.41. The Kier molecular flexibility index (Phi) is 14.9. The van der Waals surface area contributed by atoms with E-state index in [1.165, 1.54) is 23.5 Å². The monoisotopic (exact) mass is 726 g/mol. The van der Waals surface area contributed by atoms with Gasteiger partial charge in [0.2, 0.25) is 0 Å². The first kappa shape index (κ1) is 41.8. The van der Waals surface area contributed by atoms with Crippen molar-refractivity contribution < 1.29 is 43.7 Å². The number of rotatable bonds is 9. The Morgan fingerprint density at radius 2 is 1.78 bits per heavy atom. The Balaban J connectivity index is 1.79. The molecule has 0 bridgehead atoms. The van der Waals surface area contributed by atoms with Gasteiger partial charge in [-0.3, -0.25) is 28.9 Å². The van der Waals surface area contributed by atoms with Gasteiger partial charge < -0.3 is 19.7 Å². The summed E-state index contributed by atoms with van der Waals surface area (Å²) in [5.74, 6) is -0.607. The standard InChI is InChI=1S/C39H54N2O9S/c1-9-39(8)18-13-14-24(2)36(50-34(46)15-11-10-12-19-41-32(44)16-17-33(41)45)26(4)37(48)38(6,7)30(42)22-35(47)49-29(21-31(39)43)25(3)20-28-23-51-27(5)40-28/h1,16-17,20,23-24,26,29-31,36,42-43H,10-15,18-19,21-22H2,2-8H3. The zero-order valence-corrected chi connectivity index (χ0v) is 31.8. The summed E-state index contributed by atoms with van der Waals surface area (Å²) in [5, 5.41) is 25.5. The number of carbonyl (C=O) groups excluding carboxylic acids is 5. The maximum atomic E-state index is 14.0. The molecule has 51 heavy (non-hydrogen) atoms. The van der Waals surface area contributed by atoms with Gasteiger partial charge in [0.25, 0.3) is 11.8 Å². The Hall–Kier alpha value is -3.66. The molecule has 3 rings (SSSR count). The first-order chi connectivity index (χ1) is 23.9. The van der Waals surface area contributed by atoms with E-state index < -0.39 is 59.5 Å². The average Bonchev–Trinajstić information content (AvgIpc) is 3.63. The molecule has 7 unspecified atom stereocenters. The lowest BCUT2D eigenvalue weighted by Crippen LogP contribution is -2.47. The van der Waals surface area contributed by atoms with E-state index in [1.54, 1.807) is 40.7 Å². The molecule has 1 saturated heterocycles. The number of aliphatic hydroxyl groups is 2. The second-order valence-electron chi connectivity index (χ2n) is 14.9. The zero-order chi connectivity index (χ0) is 38.1. The number of unbranched alkanes of at least 4 members (excludes halogenated alkanes) is 2. The lowest BCUT2D eigenvalue weighted by atomic mass is 9.72. The van der Waals surface area contributed by atoms with Gasteiger partial charge in [-0.25, -0.2) is 4.98 Å². The molecule has 280 valence electrons. The van der Waals surface area contributed by atoms with Crippen molar-refractivity contribution in [3.05, 3.63) is 33.8 Å². The van der Waals surface area contributed by atoms with Crippen LogP contribution in [0.25, 0.3) is 6.08 Å². The van der Waals surface area contributed by atoms with E-state index in [0.29, 0.717) is 49.8 Å². The molecular formula is C39H54N2O9S. The molecule has 0 aliphatic carbocycles. The van der Waals surface area contributed by atoms with Crippen molar-refractivity contribution in [3.8, 4) is 12.3 Å². The molecule has 7 atom stereocenters. The van der Waals surface area contributed by atoms with Gasteiger partial charge in [-0.05, 0) is 64.0 Å². The number of thiazole rings is 1. The van der Waals surface area contributed by atoms with Crippen LogP contribution in [0.1, 0.15) is 110 Å². The van der Waals surface area contributed by atoms with Crippen LogP contribution in [-0.4, -0.2) is 80.6 Å². The molecule has 1 aromatic rings. The van der Waals surface area contributed by atoms with Crippen molar-refractivity contribution in [2.75, 3.05) is 6.54 Å². The lowest BCUT2D eigenvalue weighted by Gasteiger charge is -2.37. The number of ether oxygens (including phenoxy) is 2. The maximum Gasteiger partial charge on any atom is 0.309 e. The Labute approximate surface area is 305 Å². The van der Waals surface area contributed by atoms with Crippen LogP contribution in [0.3, 0.4) is 0 Å². The van der Waals surface area contributed by atoms with Crippen molar-refractivity contribution in [1.29, 1.82) is 0 Å². The van der Waals surface area contributed by atoms with Crippen LogP contribution in [0.15, 0.2) is 23.1 Å². The molecule has 11 nitrogen and oxygen atoms in total. The summed E-state index contributed by atoms with van der Waals surface area (Å²) in [6, 6.07) is 0. The smallest absolute Gasteiger partial charge is 0.309 e. The molecule has 0 radical (unpaired) electrons. The number of aliphatic hydroxyl groups excluding tert-OH is 2. The quantitative estimate of drug-likeness (QED) is 0.147. The van der Waals surface area contributed by atoms with Crippen LogP contribution in [0.5, 0.6) is 0 Å². The number of aryl methyl sites for hydroxylation is 1. The van der Waals surface area contributed by atoms with Gasteiger partial charge in [0, 0.05) is 36.9 Å². The van der Waals surface area contributed by atoms with E-state index in [2.05, 4.69) is 10.9 Å². The van der Waals surface area contributed by atoms with E-state index in [1.807, 2.05) is 19.2 Å². The normalized spacial score (nSPS) is 29.9. The minimum absolute atomic E-state index is 0.0185. The van der Waals surface area contributed by atoms with Crippen LogP contribution < -0.4 is 0 Å². The summed E-state index contributed by atoms with van der Waals surface area (Å²) in [7, 11) is 0. The number of amides is 2. The lowest BCUT2D eigenvalue weighted by molar-refractivity contribution is -0.161. The summed E-state index contributed by atoms with van der Waals surface area (Å²) in [4.78, 5) is 69.6. The predicted octanol–water partition coefficient (Wildman–Crippen LogP) is 5.36. The predicted molar refractivity (Wildman–Crippen MR) is 194 cm³/mol. The average molecular weight is 727 g/mol. The summed E-state index contributed by atoms with van der Waals surface area (Å²) in [5.41, 5.74) is -1.02. The van der Waals surface area contributed by atoms with Crippen molar-refractivity contribution in [2.24, 2.45) is 22.7 Å². The van der Waals surface area contributed by atoms with Crippen molar-refractivity contribution in [1.82, 2.24) is 9.88 Å². The van der Waals surface area contributed by atoms with E-state index in [0.717, 1.165) is 9.91 Å². The number of ketones is 1. The highest BCUT2D eigenvalue weighted by atomic mass is 32.1. The Morgan fingerprint density at radius 1 is 1.12 bits per heavy atom. The Morgan fingerprint density at radius 3 is 2.39 bits per heavy atom. The molecule has 0 saturated carbocycles. The van der Waals surface area contributed by atoms with Crippen molar-refractivity contribution in [3.63, 3.8) is 0 Å². The second kappa shape index (κ2) is 18.2. The number of cyclic esters (lactones) is 1. The number of imide groups is 1. The molecule has 0 spiro atoms. The minimum Gasteiger partial charge on any atom is -0.461 e. The van der Waals surface area contributed by atoms with Gasteiger partial charge in [0.15, 0.2) is 0 Å². The molecule has 1 aromatic heterocycles. The molecule has 12 heteroatoms. The fourth-order valence-corrected chi connectivity index (χ4v) is 7.23. The second-order valence-corrected chi connectivity index (χ2v) is 15.9. The number of nitrogens with zero attached hydrogens (tertiary/aromatic N) is 2. The van der Waals surface area contributed by atoms with Crippen molar-refractivity contribution >= 4 is 46.9 Å². The van der Waals surface area contributed by atoms with E-state index in [9.17, 15) is 34.2 Å². The molecule has 1 fully saturated rings. The van der Waals surface area contributed by atoms with Crippen LogP contribution >= 0.6 is 11.3 Å². The molecule has 2 aliphatic rings. The molecule has 3 heterocycles. The Bertz CT molecular complexity index is 1520. The summed E-state index contributed by atoms with van der Waals surface area (Å²) in [6.07, 6.45) is 8.87. The largest absolute Gasteiger partial charge is 0.461 e. The first-order valence-corrected chi connectivity index (χ1v) is 18.7. The number of terminal acetylenes is 1. The fourth-order valence-electron chi connectivity index (χ4n) is 6.66. The SMILES string of the molecule is C#CC1(C)CCCC(C)C(OC(=O)CCCCCN2C(=O)C=CC2=O)C(C)C(=O)C(C)(C)C(O)CC(=O)OC(C(C)=Cc2csc(C)n2)CC1O. The van der Waals surface area contributed by atoms with E-state index in [-0.39, 0.29) is 42.9 Å². The van der Waals surface area contributed by atoms with Crippen molar-refractivity contribution in [2.45, 2.75) is 131 Å². The van der Waals surface area contributed by atoms with E-state index >= 15 is 0 Å². The topological polar surface area (TPSA) is 160 Å². The fraction of sp³-hybridized carbons (Fsp3) is 0.641. The zero-order valence-electron chi connectivity index (χ0n) is 31.0. The first-order valence-electron chi connectivity index (χ1n) is 17.8. The molecule has 2 aliphatic heterocycles. The number of esters is 2. The third kappa shape index (κ3) is 11.2. The summed E-state index contributed by atoms with van der Waals surface area (Å²) >= 11 is 1.48. The number of hydrogen-bond acceptors (Lipinski definition) is 11. The number of carbonyl (C=O) groups is 5. The van der Waals surface area contributed by atoms with Gasteiger partial charge in [-0.1, -0.05) is 46.5 Å². The summed E-state index contributed by atoms with van der Waals surface area (Å²) < 4.78 is 11.9. The van der Waals surface area contributed by atoms with Crippen LogP contribution in [0.2, 0.25) is 0 Å². The highest BCUT2D eigenvalue weighted by molar-refractivity contribution is 7.09. The van der Waals surface area contributed by atoms with Crippen LogP contribution in [-0.2, 0) is 33.4 Å². The van der Waals surface area contributed by atoms with Crippen LogP contribution in [0, 0.1) is 41.9 Å². The molecule has 0 aromatic carbocycles. The van der Waals surface area contributed by atoms with Gasteiger partial charge in [0.1, 0.15) is 18.0 Å². The molecular weight excluding hydrogens is 673 g/mol. The van der Waals surface area contributed by atoms with Gasteiger partial charge >= 0.3 is 11.9 Å². The third-order valence-corrected chi connectivity index (χ3v) is 11.2. The highest BCUT2D eigenvalue weighted by Crippen LogP contribution is 2.37. The number of aromatic nitrogens is 1. The van der Waals surface area contributed by atoms with Gasteiger partial charge in [0.05, 0.1) is 46.1 Å². The number of hydrogen-bond donors (Lipinski definition) is 2. The third-order valence-electron chi connectivity index (χ3n) is 10.4. The van der Waals surface area contributed by atoms with Gasteiger partial charge in [-0.15, -0.1) is 17.8 Å². The number of Topliss-reactive ketones (excluding diaryl/α,β-unsaturated/α-hetero) is 1. The van der Waals surface area contributed by atoms with E-state index in [4.69, 9.17) is 15.9 Å². The molecule has 2 amide bonds. The highest BCUT2D eigenvalue weighted by Gasteiger charge is 2.44. The van der Waals surface area contributed by atoms with Crippen LogP contribution in [0.4, 0.5) is 0 Å².